The van der Waals surface area contributed by atoms with Crippen LogP contribution in [0.25, 0.3) is 0 Å². The van der Waals surface area contributed by atoms with Gasteiger partial charge in [0, 0.05) is 0 Å². The number of allylic oxidation sites excluding steroid dienone is 8. The van der Waals surface area contributed by atoms with E-state index in [4.69, 9.17) is 0 Å². The van der Waals surface area contributed by atoms with Crippen LogP contribution in [-0.4, -0.2) is 6.19 Å². The predicted molar refractivity (Wildman–Crippen MR) is 138 cm³/mol. The van der Waals surface area contributed by atoms with Gasteiger partial charge in [0.05, 0.1) is 0 Å². The normalized spacial score (nSPS) is 13.8. The van der Waals surface area contributed by atoms with Gasteiger partial charge in [-0.2, -0.15) is 12.2 Å². The molecule has 0 atom stereocenters. The summed E-state index contributed by atoms with van der Waals surface area (Å²) < 4.78 is 0. The van der Waals surface area contributed by atoms with Crippen molar-refractivity contribution < 1.29 is 44.0 Å². The molecule has 0 aromatic heterocycles. The molecule has 0 fully saturated rings. The number of hydrogen-bond acceptors (Lipinski definition) is 0. The van der Waals surface area contributed by atoms with Gasteiger partial charge in [0.25, 0.3) is 0 Å². The van der Waals surface area contributed by atoms with Crippen LogP contribution in [0.4, 0.5) is 0 Å². The summed E-state index contributed by atoms with van der Waals surface area (Å²) in [7, 11) is 0. The van der Waals surface area contributed by atoms with Crippen LogP contribution in [-0.2, 0) is 19.2 Å². The van der Waals surface area contributed by atoms with Crippen molar-refractivity contribution in [1.82, 2.24) is 0 Å². The minimum absolute atomic E-state index is 0. The van der Waals surface area contributed by atoms with Crippen molar-refractivity contribution in [1.29, 1.82) is 0 Å². The van der Waals surface area contributed by atoms with E-state index in [1.54, 1.807) is 0 Å². The Morgan fingerprint density at radius 1 is 0.618 bits per heavy atom. The Kier molecular flexibility index (Phi) is 15.3. The Balaban J connectivity index is 0.000000485. The van der Waals surface area contributed by atoms with Gasteiger partial charge in [0.1, 0.15) is 0 Å². The van der Waals surface area contributed by atoms with Crippen molar-refractivity contribution in [2.45, 2.75) is 54.4 Å². The average Bonchev–Trinajstić information content (AvgIpc) is 3.49. The molecule has 0 nitrogen and oxygen atoms in total. The van der Waals surface area contributed by atoms with Gasteiger partial charge >= 0.3 is 96.4 Å². The summed E-state index contributed by atoms with van der Waals surface area (Å²) in [6, 6.07) is 21.5. The maximum absolute atomic E-state index is 3.30. The van der Waals surface area contributed by atoms with Crippen LogP contribution < -0.4 is 35.2 Å². The van der Waals surface area contributed by atoms with E-state index in [-0.39, 0.29) is 24.8 Å². The number of rotatable bonds is 2. The van der Waals surface area contributed by atoms with E-state index in [1.165, 1.54) is 21.5 Å². The zero-order chi connectivity index (χ0) is 23.6. The average molecular weight is 543 g/mol. The van der Waals surface area contributed by atoms with Crippen molar-refractivity contribution in [3.8, 4) is 0 Å². The van der Waals surface area contributed by atoms with Crippen molar-refractivity contribution in [2.24, 2.45) is 10.8 Å². The SMILES string of the molecule is CC(C)(C)C1=[C-]CC=C1.CC(C)(C)C1=[C-]CC=C1.[Cl-].[Cl-].[Ti+2]=[Si](c1ccccc1)c1ccccc1. The molecule has 34 heavy (non-hydrogen) atoms. The number of benzene rings is 2. The second kappa shape index (κ2) is 15.8. The molecule has 4 heteroatoms. The zero-order valence-corrected chi connectivity index (χ0v) is 25.3. The standard InChI is InChI=1S/C12H10Si.2C9H13.2ClH.Ti/c1-3-7-11(8-4-1)13-12-9-5-2-6-10-12;2*1-9(2,3)8-6-4-5-7-8;;;/h1-10H;2*4,6H,5H2,1-3H3;2*1H;/q;2*-1;;;+2/p-2. The first-order chi connectivity index (χ1) is 15.1. The fourth-order valence-electron chi connectivity index (χ4n) is 3.22. The van der Waals surface area contributed by atoms with Crippen molar-refractivity contribution in [3.05, 3.63) is 108 Å². The van der Waals surface area contributed by atoms with Crippen LogP contribution in [0.1, 0.15) is 54.4 Å². The zero-order valence-electron chi connectivity index (χ0n) is 21.3. The van der Waals surface area contributed by atoms with Gasteiger partial charge in [-0.15, -0.1) is 12.8 Å². The molecule has 0 aliphatic heterocycles. The van der Waals surface area contributed by atoms with E-state index in [1.807, 2.05) is 0 Å². The van der Waals surface area contributed by atoms with Crippen LogP contribution in [0.2, 0.25) is 0 Å². The predicted octanol–water partition coefficient (Wildman–Crippen LogP) is 0.791. The molecule has 0 radical (unpaired) electrons. The molecule has 0 unspecified atom stereocenters. The molecule has 2 aliphatic carbocycles. The Labute approximate surface area is 232 Å². The van der Waals surface area contributed by atoms with Gasteiger partial charge in [0.2, 0.25) is 0 Å². The van der Waals surface area contributed by atoms with E-state index in [2.05, 4.69) is 158 Å². The van der Waals surface area contributed by atoms with Gasteiger partial charge in [-0.1, -0.05) is 41.5 Å². The van der Waals surface area contributed by atoms with Crippen molar-refractivity contribution in [3.63, 3.8) is 0 Å². The topological polar surface area (TPSA) is 0 Å². The molecule has 2 aromatic rings. The molecular formula is C30H36Cl2SiTi-2. The molecule has 0 spiro atoms. The molecular weight excluding hydrogens is 507 g/mol. The molecule has 0 saturated carbocycles. The first kappa shape index (κ1) is 32.9. The quantitative estimate of drug-likeness (QED) is 0.389. The summed E-state index contributed by atoms with van der Waals surface area (Å²) >= 11 is 2.34. The fourth-order valence-corrected chi connectivity index (χ4v) is 6.16. The second-order valence-corrected chi connectivity index (χ2v) is 14.2. The molecule has 180 valence electrons. The fraction of sp³-hybridized carbons (Fsp3) is 0.333. The molecule has 0 amide bonds. The van der Waals surface area contributed by atoms with E-state index in [0.717, 1.165) is 12.8 Å². The monoisotopic (exact) mass is 542 g/mol. The second-order valence-electron chi connectivity index (χ2n) is 10.0. The minimum atomic E-state index is -0.545. The molecule has 0 heterocycles. The molecule has 4 rings (SSSR count). The maximum atomic E-state index is 3.30. The van der Waals surface area contributed by atoms with Crippen LogP contribution >= 0.6 is 0 Å². The van der Waals surface area contributed by atoms with E-state index in [9.17, 15) is 0 Å². The third-order valence-corrected chi connectivity index (χ3v) is 9.66. The summed E-state index contributed by atoms with van der Waals surface area (Å²) in [5, 5.41) is 2.95. The molecule has 2 aromatic carbocycles. The summed E-state index contributed by atoms with van der Waals surface area (Å²) in [6.07, 6.45) is 16.7. The van der Waals surface area contributed by atoms with Gasteiger partial charge in [0.15, 0.2) is 0 Å². The Morgan fingerprint density at radius 2 is 0.941 bits per heavy atom. The summed E-state index contributed by atoms with van der Waals surface area (Å²) in [5.74, 6) is 0. The Morgan fingerprint density at radius 3 is 1.15 bits per heavy atom. The van der Waals surface area contributed by atoms with Crippen LogP contribution in [0.15, 0.2) is 96.1 Å². The van der Waals surface area contributed by atoms with E-state index in [0.29, 0.717) is 10.8 Å². The summed E-state index contributed by atoms with van der Waals surface area (Å²) in [6.45, 7) is 13.3. The van der Waals surface area contributed by atoms with Gasteiger partial charge in [-0.05, 0) is 10.8 Å². The first-order valence-corrected chi connectivity index (χ1v) is 15.2. The number of halogens is 2. The summed E-state index contributed by atoms with van der Waals surface area (Å²) in [5.41, 5.74) is 3.30. The molecule has 2 aliphatic rings. The van der Waals surface area contributed by atoms with E-state index >= 15 is 0 Å². The number of hydrogen-bond donors (Lipinski definition) is 0. The van der Waals surface area contributed by atoms with E-state index < -0.39 is 6.19 Å². The molecule has 0 bridgehead atoms. The van der Waals surface area contributed by atoms with Gasteiger partial charge in [-0.25, -0.2) is 23.3 Å². The third-order valence-electron chi connectivity index (χ3n) is 5.13. The Bertz CT molecular complexity index is 908. The van der Waals surface area contributed by atoms with Gasteiger partial charge < -0.3 is 24.8 Å². The van der Waals surface area contributed by atoms with Gasteiger partial charge in [-0.3, -0.25) is 12.2 Å². The van der Waals surface area contributed by atoms with Crippen LogP contribution in [0, 0.1) is 23.0 Å². The summed E-state index contributed by atoms with van der Waals surface area (Å²) in [4.78, 5) is 0. The van der Waals surface area contributed by atoms with Crippen molar-refractivity contribution >= 4 is 16.6 Å². The first-order valence-electron chi connectivity index (χ1n) is 11.3. The van der Waals surface area contributed by atoms with Crippen molar-refractivity contribution in [2.75, 3.05) is 0 Å². The van der Waals surface area contributed by atoms with Crippen LogP contribution in [0.3, 0.4) is 0 Å². The molecule has 0 saturated heterocycles. The van der Waals surface area contributed by atoms with Crippen LogP contribution in [0.5, 0.6) is 0 Å². The third kappa shape index (κ3) is 11.6. The molecule has 0 N–H and O–H groups in total. The Hall–Kier alpha value is -1.09.